The lowest BCUT2D eigenvalue weighted by molar-refractivity contribution is -0.325. The van der Waals surface area contributed by atoms with Crippen LogP contribution in [-0.2, 0) is 14.2 Å². The van der Waals surface area contributed by atoms with Crippen molar-refractivity contribution in [3.05, 3.63) is 0 Å². The molecule has 0 aromatic heterocycles. The molecule has 0 saturated carbocycles. The topological polar surface area (TPSA) is 190 Å². The zero-order chi connectivity index (χ0) is 17.3. The fourth-order valence-corrected chi connectivity index (χ4v) is 2.46. The SMILES string of the molecule is OC[C@H]1OC(OC[C@H]2OC(O)[C@@H](O)[C@@H](O)[C@@H]2O)[C@@H](O)[C@@H](O)[C@@H]1O. The Morgan fingerprint density at radius 1 is 0.652 bits per heavy atom. The molecule has 2 unspecified atom stereocenters. The molecule has 0 radical (unpaired) electrons. The molecule has 11 heteroatoms. The summed E-state index contributed by atoms with van der Waals surface area (Å²) in [5, 5.41) is 76.1. The van der Waals surface area contributed by atoms with E-state index >= 15 is 0 Å². The van der Waals surface area contributed by atoms with Crippen LogP contribution >= 0.6 is 0 Å². The van der Waals surface area contributed by atoms with Crippen molar-refractivity contribution in [2.75, 3.05) is 13.2 Å². The van der Waals surface area contributed by atoms with Gasteiger partial charge in [-0.15, -0.1) is 0 Å². The molecule has 136 valence electrons. The van der Waals surface area contributed by atoms with Crippen LogP contribution in [0.1, 0.15) is 0 Å². The van der Waals surface area contributed by atoms with E-state index in [0.717, 1.165) is 0 Å². The molecular weight excluding hydrogens is 320 g/mol. The fraction of sp³-hybridized carbons (Fsp3) is 1.00. The minimum atomic E-state index is -1.74. The molecule has 8 N–H and O–H groups in total. The monoisotopic (exact) mass is 342 g/mol. The molecule has 11 nitrogen and oxygen atoms in total. The third kappa shape index (κ3) is 3.81. The van der Waals surface area contributed by atoms with E-state index in [1.54, 1.807) is 0 Å². The van der Waals surface area contributed by atoms with E-state index in [9.17, 15) is 35.7 Å². The number of hydrogen-bond donors (Lipinski definition) is 8. The molecule has 0 bridgehead atoms. The summed E-state index contributed by atoms with van der Waals surface area (Å²) in [6.07, 6.45) is -15.3. The second kappa shape index (κ2) is 7.63. The van der Waals surface area contributed by atoms with Crippen LogP contribution in [-0.4, -0.2) is 115 Å². The Bertz CT molecular complexity index is 380. The molecule has 2 aliphatic rings. The minimum Gasteiger partial charge on any atom is -0.394 e. The first kappa shape index (κ1) is 18.9. The van der Waals surface area contributed by atoms with Crippen LogP contribution in [0, 0.1) is 0 Å². The second-order valence-corrected chi connectivity index (χ2v) is 5.57. The normalized spacial score (nSPS) is 51.7. The minimum absolute atomic E-state index is 0.468. The van der Waals surface area contributed by atoms with E-state index < -0.39 is 74.6 Å². The van der Waals surface area contributed by atoms with Crippen LogP contribution in [0.3, 0.4) is 0 Å². The van der Waals surface area contributed by atoms with Crippen LogP contribution in [0.15, 0.2) is 0 Å². The molecule has 2 aliphatic heterocycles. The standard InChI is InChI=1S/C12H22O11/c13-1-3-5(14)8(17)10(19)12(23-3)21-2-4-6(15)7(16)9(18)11(20)22-4/h3-20H,1-2H2/t3-,4-,5-,6-,7+,8+,9+,10+,11?,12?/m1/s1. The molecule has 0 aromatic carbocycles. The first-order valence-electron chi connectivity index (χ1n) is 7.07. The van der Waals surface area contributed by atoms with Gasteiger partial charge in [-0.2, -0.15) is 0 Å². The van der Waals surface area contributed by atoms with Gasteiger partial charge in [-0.05, 0) is 0 Å². The Hall–Kier alpha value is -0.440. The maximum Gasteiger partial charge on any atom is 0.186 e. The lowest BCUT2D eigenvalue weighted by atomic mass is 9.98. The molecule has 0 spiro atoms. The summed E-state index contributed by atoms with van der Waals surface area (Å²) in [6.45, 7) is -1.10. The number of rotatable bonds is 4. The molecule has 0 aromatic rings. The summed E-state index contributed by atoms with van der Waals surface area (Å²) >= 11 is 0. The molecule has 0 amide bonds. The van der Waals surface area contributed by atoms with Crippen LogP contribution < -0.4 is 0 Å². The molecule has 2 fully saturated rings. The van der Waals surface area contributed by atoms with E-state index in [1.165, 1.54) is 0 Å². The van der Waals surface area contributed by atoms with Crippen LogP contribution in [0.2, 0.25) is 0 Å². The van der Waals surface area contributed by atoms with Gasteiger partial charge in [0.15, 0.2) is 12.6 Å². The Kier molecular flexibility index (Phi) is 6.27. The predicted octanol–water partition coefficient (Wildman–Crippen LogP) is -5.40. The molecular formula is C12H22O11. The Balaban J connectivity index is 1.94. The average Bonchev–Trinajstić information content (AvgIpc) is 2.54. The highest BCUT2D eigenvalue weighted by Gasteiger charge is 2.46. The molecule has 2 heterocycles. The lowest BCUT2D eigenvalue weighted by Crippen LogP contribution is -2.61. The lowest BCUT2D eigenvalue weighted by Gasteiger charge is -2.41. The summed E-state index contributed by atoms with van der Waals surface area (Å²) in [5.41, 5.74) is 0. The predicted molar refractivity (Wildman–Crippen MR) is 68.6 cm³/mol. The highest BCUT2D eigenvalue weighted by Crippen LogP contribution is 2.24. The zero-order valence-electron chi connectivity index (χ0n) is 12.0. The van der Waals surface area contributed by atoms with Crippen molar-refractivity contribution in [2.24, 2.45) is 0 Å². The van der Waals surface area contributed by atoms with Crippen molar-refractivity contribution < 1.29 is 55.1 Å². The van der Waals surface area contributed by atoms with Gasteiger partial charge in [0.25, 0.3) is 0 Å². The van der Waals surface area contributed by atoms with E-state index in [2.05, 4.69) is 0 Å². The van der Waals surface area contributed by atoms with Gasteiger partial charge in [0.1, 0.15) is 48.8 Å². The summed E-state index contributed by atoms with van der Waals surface area (Å²) in [5.74, 6) is 0. The Labute approximate surface area is 130 Å². The largest absolute Gasteiger partial charge is 0.394 e. The molecule has 10 atom stereocenters. The maximum atomic E-state index is 9.78. The third-order valence-electron chi connectivity index (χ3n) is 3.96. The van der Waals surface area contributed by atoms with Crippen molar-refractivity contribution >= 4 is 0 Å². The number of aliphatic hydroxyl groups excluding tert-OH is 8. The highest BCUT2D eigenvalue weighted by atomic mass is 16.7. The number of aliphatic hydroxyl groups is 8. The van der Waals surface area contributed by atoms with Crippen molar-refractivity contribution in [1.82, 2.24) is 0 Å². The van der Waals surface area contributed by atoms with Crippen molar-refractivity contribution in [2.45, 2.75) is 61.4 Å². The quantitative estimate of drug-likeness (QED) is 0.243. The summed E-state index contributed by atoms with van der Waals surface area (Å²) < 4.78 is 15.1. The van der Waals surface area contributed by atoms with E-state index in [4.69, 9.17) is 19.3 Å². The number of ether oxygens (including phenoxy) is 3. The molecule has 0 aliphatic carbocycles. The first-order valence-corrected chi connectivity index (χ1v) is 7.07. The third-order valence-corrected chi connectivity index (χ3v) is 3.96. The highest BCUT2D eigenvalue weighted by molar-refractivity contribution is 4.91. The zero-order valence-corrected chi connectivity index (χ0v) is 12.0. The van der Waals surface area contributed by atoms with Gasteiger partial charge < -0.3 is 55.1 Å². The smallest absolute Gasteiger partial charge is 0.186 e. The molecule has 2 rings (SSSR count). The van der Waals surface area contributed by atoms with Crippen LogP contribution in [0.4, 0.5) is 0 Å². The average molecular weight is 342 g/mol. The number of hydrogen-bond acceptors (Lipinski definition) is 11. The Morgan fingerprint density at radius 3 is 1.83 bits per heavy atom. The second-order valence-electron chi connectivity index (χ2n) is 5.57. The molecule has 23 heavy (non-hydrogen) atoms. The van der Waals surface area contributed by atoms with E-state index in [1.807, 2.05) is 0 Å². The fourth-order valence-electron chi connectivity index (χ4n) is 2.46. The maximum absolute atomic E-state index is 9.78. The van der Waals surface area contributed by atoms with Crippen molar-refractivity contribution in [3.63, 3.8) is 0 Å². The van der Waals surface area contributed by atoms with E-state index in [-0.39, 0.29) is 0 Å². The summed E-state index contributed by atoms with van der Waals surface area (Å²) in [6, 6.07) is 0. The van der Waals surface area contributed by atoms with Gasteiger partial charge in [0, 0.05) is 0 Å². The van der Waals surface area contributed by atoms with Gasteiger partial charge in [-0.1, -0.05) is 0 Å². The first-order chi connectivity index (χ1) is 10.8. The molecule has 2 saturated heterocycles. The van der Waals surface area contributed by atoms with E-state index in [0.29, 0.717) is 0 Å². The Morgan fingerprint density at radius 2 is 1.22 bits per heavy atom. The van der Waals surface area contributed by atoms with Gasteiger partial charge in [0.2, 0.25) is 0 Å². The van der Waals surface area contributed by atoms with Crippen molar-refractivity contribution in [3.8, 4) is 0 Å². The summed E-state index contributed by atoms with van der Waals surface area (Å²) in [4.78, 5) is 0. The van der Waals surface area contributed by atoms with Gasteiger partial charge in [0.05, 0.1) is 13.2 Å². The van der Waals surface area contributed by atoms with Crippen LogP contribution in [0.5, 0.6) is 0 Å². The van der Waals surface area contributed by atoms with Crippen molar-refractivity contribution in [1.29, 1.82) is 0 Å². The van der Waals surface area contributed by atoms with Crippen LogP contribution in [0.25, 0.3) is 0 Å². The summed E-state index contributed by atoms with van der Waals surface area (Å²) in [7, 11) is 0. The van der Waals surface area contributed by atoms with Gasteiger partial charge >= 0.3 is 0 Å². The van der Waals surface area contributed by atoms with Gasteiger partial charge in [-0.25, -0.2) is 0 Å². The van der Waals surface area contributed by atoms with Gasteiger partial charge in [-0.3, -0.25) is 0 Å².